The summed E-state index contributed by atoms with van der Waals surface area (Å²) in [6.45, 7) is 0. The lowest BCUT2D eigenvalue weighted by Gasteiger charge is -2.39. The Morgan fingerprint density at radius 3 is 2.88 bits per heavy atom. The molecule has 1 N–H and O–H groups in total. The van der Waals surface area contributed by atoms with Crippen LogP contribution in [0, 0.1) is 0 Å². The van der Waals surface area contributed by atoms with Crippen molar-refractivity contribution in [2.75, 3.05) is 14.2 Å². The van der Waals surface area contributed by atoms with Crippen molar-refractivity contribution in [3.63, 3.8) is 0 Å². The van der Waals surface area contributed by atoms with Crippen LogP contribution in [0.3, 0.4) is 0 Å². The summed E-state index contributed by atoms with van der Waals surface area (Å²) >= 11 is 0. The molecule has 1 aliphatic rings. The molecule has 0 aliphatic heterocycles. The summed E-state index contributed by atoms with van der Waals surface area (Å²) in [5.41, 5.74) is -0.282. The highest BCUT2D eigenvalue weighted by Gasteiger charge is 2.45. The van der Waals surface area contributed by atoms with E-state index in [1.807, 2.05) is 7.05 Å². The van der Waals surface area contributed by atoms with Crippen molar-refractivity contribution >= 4 is 0 Å². The predicted molar refractivity (Wildman–Crippen MR) is 62.9 cm³/mol. The van der Waals surface area contributed by atoms with Crippen LogP contribution in [0.15, 0.2) is 6.20 Å². The Morgan fingerprint density at radius 1 is 1.47 bits per heavy atom. The first-order valence-electron chi connectivity index (χ1n) is 5.95. The third kappa shape index (κ3) is 1.93. The number of aromatic nitrogens is 2. The number of aliphatic hydroxyl groups is 1. The normalized spacial score (nSPS) is 29.3. The van der Waals surface area contributed by atoms with Gasteiger partial charge in [-0.05, 0) is 19.3 Å². The zero-order valence-electron chi connectivity index (χ0n) is 10.6. The van der Waals surface area contributed by atoms with Crippen molar-refractivity contribution in [1.82, 2.24) is 9.78 Å². The molecular weight excluding hydrogens is 220 g/mol. The fourth-order valence-corrected chi connectivity index (χ4v) is 2.77. The Balaban J connectivity index is 2.44. The summed E-state index contributed by atoms with van der Waals surface area (Å²) in [5.74, 6) is 0.624. The summed E-state index contributed by atoms with van der Waals surface area (Å²) in [6.07, 6.45) is 5.06. The number of rotatable bonds is 3. The topological polar surface area (TPSA) is 56.5 Å². The van der Waals surface area contributed by atoms with Crippen molar-refractivity contribution in [2.24, 2.45) is 7.05 Å². The van der Waals surface area contributed by atoms with Gasteiger partial charge in [0.05, 0.1) is 19.4 Å². The molecule has 1 aromatic heterocycles. The van der Waals surface area contributed by atoms with Gasteiger partial charge in [-0.25, -0.2) is 0 Å². The Bertz CT molecular complexity index is 391. The lowest BCUT2D eigenvalue weighted by Crippen LogP contribution is -2.44. The number of hydrogen-bond donors (Lipinski definition) is 1. The van der Waals surface area contributed by atoms with Crippen LogP contribution in [0.2, 0.25) is 0 Å². The summed E-state index contributed by atoms with van der Waals surface area (Å²) in [6, 6.07) is 0. The number of hydrogen-bond acceptors (Lipinski definition) is 4. The van der Waals surface area contributed by atoms with E-state index in [2.05, 4.69) is 5.10 Å². The van der Waals surface area contributed by atoms with Crippen molar-refractivity contribution in [1.29, 1.82) is 0 Å². The maximum absolute atomic E-state index is 10.9. The van der Waals surface area contributed by atoms with Crippen molar-refractivity contribution in [3.8, 4) is 5.75 Å². The first-order valence-corrected chi connectivity index (χ1v) is 5.95. The number of methoxy groups -OCH3 is 2. The van der Waals surface area contributed by atoms with Gasteiger partial charge in [-0.2, -0.15) is 5.10 Å². The molecule has 1 aromatic rings. The minimum absolute atomic E-state index is 0.194. The SMILES string of the molecule is COc1cnn(C)c1C1(O)CCCCC1OC. The van der Waals surface area contributed by atoms with Gasteiger partial charge in [-0.3, -0.25) is 4.68 Å². The fourth-order valence-electron chi connectivity index (χ4n) is 2.77. The third-order valence-corrected chi connectivity index (χ3v) is 3.63. The molecule has 17 heavy (non-hydrogen) atoms. The van der Waals surface area contributed by atoms with Gasteiger partial charge in [0.2, 0.25) is 0 Å². The predicted octanol–water partition coefficient (Wildman–Crippen LogP) is 1.21. The first kappa shape index (κ1) is 12.4. The van der Waals surface area contributed by atoms with Gasteiger partial charge >= 0.3 is 0 Å². The lowest BCUT2D eigenvalue weighted by molar-refractivity contribution is -0.127. The second kappa shape index (κ2) is 4.66. The van der Waals surface area contributed by atoms with Crippen LogP contribution in [0.5, 0.6) is 5.75 Å². The average molecular weight is 240 g/mol. The zero-order chi connectivity index (χ0) is 12.5. The van der Waals surface area contributed by atoms with E-state index in [0.29, 0.717) is 17.9 Å². The van der Waals surface area contributed by atoms with Crippen LogP contribution < -0.4 is 4.74 Å². The van der Waals surface area contributed by atoms with Crippen molar-refractivity contribution < 1.29 is 14.6 Å². The molecule has 5 heteroatoms. The van der Waals surface area contributed by atoms with E-state index in [0.717, 1.165) is 19.3 Å². The molecule has 1 fully saturated rings. The van der Waals surface area contributed by atoms with E-state index >= 15 is 0 Å². The molecule has 2 rings (SSSR count). The Labute approximate surface area is 101 Å². The molecule has 1 aliphatic carbocycles. The molecule has 96 valence electrons. The van der Waals surface area contributed by atoms with Gasteiger partial charge in [-0.1, -0.05) is 6.42 Å². The van der Waals surface area contributed by atoms with Crippen LogP contribution >= 0.6 is 0 Å². The van der Waals surface area contributed by atoms with Crippen LogP contribution in [0.4, 0.5) is 0 Å². The maximum atomic E-state index is 10.9. The summed E-state index contributed by atoms with van der Waals surface area (Å²) < 4.78 is 12.4. The van der Waals surface area contributed by atoms with Gasteiger partial charge in [0, 0.05) is 14.2 Å². The quantitative estimate of drug-likeness (QED) is 0.862. The number of nitrogens with zero attached hydrogens (tertiary/aromatic N) is 2. The van der Waals surface area contributed by atoms with Gasteiger partial charge < -0.3 is 14.6 Å². The van der Waals surface area contributed by atoms with Crippen LogP contribution in [0.25, 0.3) is 0 Å². The third-order valence-electron chi connectivity index (χ3n) is 3.63. The van der Waals surface area contributed by atoms with Crippen molar-refractivity contribution in [3.05, 3.63) is 11.9 Å². The van der Waals surface area contributed by atoms with Crippen LogP contribution in [0.1, 0.15) is 31.4 Å². The average Bonchev–Trinajstić information content (AvgIpc) is 2.71. The smallest absolute Gasteiger partial charge is 0.163 e. The second-order valence-electron chi connectivity index (χ2n) is 4.58. The summed E-state index contributed by atoms with van der Waals surface area (Å²) in [4.78, 5) is 0. The summed E-state index contributed by atoms with van der Waals surface area (Å²) in [7, 11) is 5.05. The molecule has 2 atom stereocenters. The highest BCUT2D eigenvalue weighted by atomic mass is 16.5. The fraction of sp³-hybridized carbons (Fsp3) is 0.750. The highest BCUT2D eigenvalue weighted by molar-refractivity contribution is 5.32. The Hall–Kier alpha value is -1.07. The van der Waals surface area contributed by atoms with E-state index in [1.165, 1.54) is 0 Å². The molecular formula is C12H20N2O3. The minimum Gasteiger partial charge on any atom is -0.493 e. The van der Waals surface area contributed by atoms with E-state index in [-0.39, 0.29) is 6.10 Å². The van der Waals surface area contributed by atoms with E-state index < -0.39 is 5.60 Å². The summed E-state index contributed by atoms with van der Waals surface area (Å²) in [5, 5.41) is 15.1. The maximum Gasteiger partial charge on any atom is 0.163 e. The molecule has 1 saturated carbocycles. The molecule has 0 radical (unpaired) electrons. The van der Waals surface area contributed by atoms with Gasteiger partial charge in [0.15, 0.2) is 5.75 Å². The molecule has 0 bridgehead atoms. The molecule has 0 saturated heterocycles. The monoisotopic (exact) mass is 240 g/mol. The molecule has 0 amide bonds. The standard InChI is InChI=1S/C12H20N2O3/c1-14-11(9(16-2)8-13-14)12(15)7-5-4-6-10(12)17-3/h8,10,15H,4-7H2,1-3H3. The van der Waals surface area contributed by atoms with Gasteiger partial charge in [-0.15, -0.1) is 0 Å². The molecule has 5 nitrogen and oxygen atoms in total. The molecule has 0 spiro atoms. The Morgan fingerprint density at radius 2 is 2.24 bits per heavy atom. The minimum atomic E-state index is -0.996. The Kier molecular flexibility index (Phi) is 3.40. The second-order valence-corrected chi connectivity index (χ2v) is 4.58. The number of ether oxygens (including phenoxy) is 2. The number of aryl methyl sites for hydroxylation is 1. The largest absolute Gasteiger partial charge is 0.493 e. The van der Waals surface area contributed by atoms with Gasteiger partial charge in [0.25, 0.3) is 0 Å². The zero-order valence-corrected chi connectivity index (χ0v) is 10.6. The van der Waals surface area contributed by atoms with Crippen LogP contribution in [-0.4, -0.2) is 35.2 Å². The molecule has 1 heterocycles. The van der Waals surface area contributed by atoms with Crippen molar-refractivity contribution in [2.45, 2.75) is 37.4 Å². The van der Waals surface area contributed by atoms with E-state index in [4.69, 9.17) is 9.47 Å². The molecule has 0 aromatic carbocycles. The van der Waals surface area contributed by atoms with E-state index in [9.17, 15) is 5.11 Å². The van der Waals surface area contributed by atoms with Crippen LogP contribution in [-0.2, 0) is 17.4 Å². The molecule has 2 unspecified atom stereocenters. The highest BCUT2D eigenvalue weighted by Crippen LogP contribution is 2.42. The lowest BCUT2D eigenvalue weighted by atomic mass is 9.79. The van der Waals surface area contributed by atoms with Gasteiger partial charge in [0.1, 0.15) is 11.3 Å². The first-order chi connectivity index (χ1) is 8.13. The van der Waals surface area contributed by atoms with E-state index in [1.54, 1.807) is 25.1 Å².